The molecular formula is C42H51F3N8O6. The number of pyridine rings is 1. The number of rotatable bonds is 14. The summed E-state index contributed by atoms with van der Waals surface area (Å²) in [4.78, 5) is 58.6. The number of fused-ring (bicyclic) bond motifs is 1. The molecule has 14 nitrogen and oxygen atoms in total. The van der Waals surface area contributed by atoms with Crippen LogP contribution in [0.5, 0.6) is 5.75 Å². The molecule has 0 atom stereocenters. The summed E-state index contributed by atoms with van der Waals surface area (Å²) >= 11 is 0. The fraction of sp³-hybridized carbons (Fsp3) is 0.476. The highest BCUT2D eigenvalue weighted by Crippen LogP contribution is 2.35. The molecule has 2 aromatic heterocycles. The van der Waals surface area contributed by atoms with Gasteiger partial charge in [-0.15, -0.1) is 0 Å². The zero-order valence-corrected chi connectivity index (χ0v) is 33.7. The number of hydrogen-bond acceptors (Lipinski definition) is 10. The number of benzene rings is 2. The van der Waals surface area contributed by atoms with Crippen molar-refractivity contribution in [3.8, 4) is 5.75 Å². The number of nitrogens with one attached hydrogen (secondary N) is 2. The first-order valence-corrected chi connectivity index (χ1v) is 19.8. The van der Waals surface area contributed by atoms with Gasteiger partial charge in [-0.2, -0.15) is 18.3 Å². The summed E-state index contributed by atoms with van der Waals surface area (Å²) in [6.45, 7) is 7.56. The first kappa shape index (κ1) is 43.0. The van der Waals surface area contributed by atoms with Crippen LogP contribution in [0.2, 0.25) is 0 Å². The number of nitrogens with zero attached hydrogens (tertiary/aromatic N) is 6. The molecule has 2 aliphatic heterocycles. The second-order valence-electron chi connectivity index (χ2n) is 15.8. The van der Waals surface area contributed by atoms with Crippen molar-refractivity contribution in [3.05, 3.63) is 77.2 Å². The molecule has 2 aliphatic rings. The number of aliphatic hydroxyl groups is 1. The monoisotopic (exact) mass is 820 g/mol. The molecule has 0 unspecified atom stereocenters. The molecule has 2 saturated heterocycles. The molecule has 4 amide bonds. The second kappa shape index (κ2) is 18.2. The maximum atomic E-state index is 13.5. The highest BCUT2D eigenvalue weighted by molar-refractivity contribution is 6.04. The lowest BCUT2D eigenvalue weighted by Gasteiger charge is -2.35. The minimum absolute atomic E-state index is 0.0440. The molecule has 2 aromatic carbocycles. The van der Waals surface area contributed by atoms with Crippen LogP contribution in [0.15, 0.2) is 54.7 Å². The Bertz CT molecular complexity index is 2150. The van der Waals surface area contributed by atoms with Crippen molar-refractivity contribution in [2.75, 3.05) is 63.6 Å². The van der Waals surface area contributed by atoms with E-state index in [0.717, 1.165) is 69.3 Å². The zero-order valence-electron chi connectivity index (χ0n) is 33.7. The first-order chi connectivity index (χ1) is 28.0. The lowest BCUT2D eigenvalue weighted by atomic mass is 9.92. The summed E-state index contributed by atoms with van der Waals surface area (Å²) in [5.41, 5.74) is -0.466. The zero-order chi connectivity index (χ0) is 42.5. The Morgan fingerprint density at radius 3 is 2.41 bits per heavy atom. The van der Waals surface area contributed by atoms with Crippen molar-refractivity contribution in [3.63, 3.8) is 0 Å². The number of piperidine rings is 2. The SMILES string of the molecule is COc1ccc(C(=O)N2CCC(CCN3CCC(n4cc5cc(NC(=O)c6cccc(C(F)(F)F)n6)c(C(C)(C)O)cc5n4)CC3)CC2)cc1N(C)CCC(=O)NC=O. The summed E-state index contributed by atoms with van der Waals surface area (Å²) < 4.78 is 47.2. The third kappa shape index (κ3) is 10.6. The molecule has 0 saturated carbocycles. The number of carbonyl (C=O) groups excluding carboxylic acids is 4. The van der Waals surface area contributed by atoms with Gasteiger partial charge >= 0.3 is 6.18 Å². The lowest BCUT2D eigenvalue weighted by Crippen LogP contribution is -2.40. The van der Waals surface area contributed by atoms with E-state index in [-0.39, 0.29) is 30.0 Å². The van der Waals surface area contributed by atoms with E-state index >= 15 is 0 Å². The Morgan fingerprint density at radius 1 is 1.02 bits per heavy atom. The molecule has 17 heteroatoms. The standard InChI is InChI=1S/C42H51F3N8O6/c1-41(2,58)31-24-33-29(22-34(31)48-39(56)32-6-5-7-37(47-32)42(43,44)45)25-53(49-33)30-13-18-51(19-14-30)17-10-27-11-20-52(21-12-27)40(57)28-8-9-36(59-4)35(23-28)50(3)16-15-38(55)46-26-54/h5-9,22-27,30,58H,10-21H2,1-4H3,(H,48,56)(H,46,54,55). The molecule has 6 rings (SSSR count). The maximum absolute atomic E-state index is 13.5. The summed E-state index contributed by atoms with van der Waals surface area (Å²) in [6, 6.07) is 12.0. The van der Waals surface area contributed by atoms with Gasteiger partial charge in [0.25, 0.3) is 11.8 Å². The average molecular weight is 821 g/mol. The molecule has 0 spiro atoms. The van der Waals surface area contributed by atoms with Gasteiger partial charge in [-0.3, -0.25) is 29.2 Å². The number of hydrogen-bond donors (Lipinski definition) is 3. The molecule has 0 aliphatic carbocycles. The van der Waals surface area contributed by atoms with Crippen LogP contribution >= 0.6 is 0 Å². The lowest BCUT2D eigenvalue weighted by molar-refractivity contribution is -0.141. The highest BCUT2D eigenvalue weighted by Gasteiger charge is 2.33. The number of amides is 4. The van der Waals surface area contributed by atoms with Crippen LogP contribution in [0.1, 0.15) is 90.5 Å². The number of halogens is 3. The van der Waals surface area contributed by atoms with Crippen molar-refractivity contribution >= 4 is 46.4 Å². The fourth-order valence-electron chi connectivity index (χ4n) is 7.82. The Hall–Kier alpha value is -5.55. The molecular weight excluding hydrogens is 770 g/mol. The molecule has 2 fully saturated rings. The fourth-order valence-corrected chi connectivity index (χ4v) is 7.82. The number of likely N-dealkylation sites (tertiary alicyclic amines) is 2. The van der Waals surface area contributed by atoms with E-state index in [1.54, 1.807) is 58.3 Å². The second-order valence-corrected chi connectivity index (χ2v) is 15.8. The van der Waals surface area contributed by atoms with Gasteiger partial charge in [0.2, 0.25) is 12.3 Å². The summed E-state index contributed by atoms with van der Waals surface area (Å²) in [5.74, 6) is -0.172. The predicted octanol–water partition coefficient (Wildman–Crippen LogP) is 5.62. The molecule has 4 heterocycles. The number of aromatic nitrogens is 3. The Morgan fingerprint density at radius 2 is 1.75 bits per heavy atom. The van der Waals surface area contributed by atoms with Gasteiger partial charge in [0.15, 0.2) is 0 Å². The number of carbonyl (C=O) groups is 4. The van der Waals surface area contributed by atoms with Gasteiger partial charge in [-0.1, -0.05) is 6.07 Å². The Balaban J connectivity index is 1.00. The first-order valence-electron chi connectivity index (χ1n) is 19.8. The summed E-state index contributed by atoms with van der Waals surface area (Å²) in [7, 11) is 3.36. The van der Waals surface area contributed by atoms with Gasteiger partial charge in [-0.25, -0.2) is 4.98 Å². The Kier molecular flexibility index (Phi) is 13.2. The van der Waals surface area contributed by atoms with Gasteiger partial charge in [-0.05, 0) is 101 Å². The highest BCUT2D eigenvalue weighted by atomic mass is 19.4. The summed E-state index contributed by atoms with van der Waals surface area (Å²) in [5, 5.41) is 21.3. The third-order valence-corrected chi connectivity index (χ3v) is 11.3. The number of anilines is 2. The quantitative estimate of drug-likeness (QED) is 0.136. The number of methoxy groups -OCH3 is 1. The maximum Gasteiger partial charge on any atom is 0.433 e. The average Bonchev–Trinajstić information content (AvgIpc) is 3.64. The van der Waals surface area contributed by atoms with E-state index in [2.05, 4.69) is 20.5 Å². The van der Waals surface area contributed by atoms with Crippen LogP contribution in [-0.4, -0.2) is 107 Å². The topological polar surface area (TPSA) is 162 Å². The molecule has 0 radical (unpaired) electrons. The predicted molar refractivity (Wildman–Crippen MR) is 215 cm³/mol. The van der Waals surface area contributed by atoms with E-state index in [0.29, 0.717) is 60.0 Å². The van der Waals surface area contributed by atoms with Crippen molar-refractivity contribution in [2.24, 2.45) is 5.92 Å². The van der Waals surface area contributed by atoms with Crippen LogP contribution in [0.3, 0.4) is 0 Å². The van der Waals surface area contributed by atoms with E-state index in [9.17, 15) is 37.5 Å². The van der Waals surface area contributed by atoms with Gasteiger partial charge < -0.3 is 29.9 Å². The molecule has 4 aromatic rings. The molecule has 3 N–H and O–H groups in total. The smallest absolute Gasteiger partial charge is 0.433 e. The van der Waals surface area contributed by atoms with Gasteiger partial charge in [0.05, 0.1) is 30.0 Å². The van der Waals surface area contributed by atoms with E-state index in [1.807, 2.05) is 20.7 Å². The number of imide groups is 1. The van der Waals surface area contributed by atoms with E-state index < -0.39 is 29.1 Å². The largest absolute Gasteiger partial charge is 0.495 e. The van der Waals surface area contributed by atoms with Crippen LogP contribution in [0, 0.1) is 5.92 Å². The minimum Gasteiger partial charge on any atom is -0.495 e. The van der Waals surface area contributed by atoms with E-state index in [4.69, 9.17) is 9.84 Å². The van der Waals surface area contributed by atoms with Crippen LogP contribution in [0.25, 0.3) is 10.9 Å². The molecule has 316 valence electrons. The minimum atomic E-state index is -4.70. The number of alkyl halides is 3. The van der Waals surface area contributed by atoms with Crippen molar-refractivity contribution < 1.29 is 42.2 Å². The number of ether oxygens (including phenoxy) is 1. The summed E-state index contributed by atoms with van der Waals surface area (Å²) in [6.07, 6.45) is 2.32. The van der Waals surface area contributed by atoms with Crippen LogP contribution < -0.4 is 20.3 Å². The van der Waals surface area contributed by atoms with Gasteiger partial charge in [0, 0.05) is 74.6 Å². The third-order valence-electron chi connectivity index (χ3n) is 11.3. The van der Waals surface area contributed by atoms with Gasteiger partial charge in [0.1, 0.15) is 17.1 Å². The molecule has 0 bridgehead atoms. The normalized spacial score (nSPS) is 15.9. The van der Waals surface area contributed by atoms with Crippen LogP contribution in [0.4, 0.5) is 24.5 Å². The van der Waals surface area contributed by atoms with Crippen molar-refractivity contribution in [1.82, 2.24) is 29.9 Å². The van der Waals surface area contributed by atoms with Crippen molar-refractivity contribution in [2.45, 2.75) is 70.2 Å². The molecule has 59 heavy (non-hydrogen) atoms. The van der Waals surface area contributed by atoms with Crippen molar-refractivity contribution in [1.29, 1.82) is 0 Å². The van der Waals surface area contributed by atoms with E-state index in [1.165, 1.54) is 6.07 Å². The van der Waals surface area contributed by atoms with Crippen LogP contribution in [-0.2, 0) is 21.4 Å². The Labute approximate surface area is 340 Å².